The summed E-state index contributed by atoms with van der Waals surface area (Å²) in [5.74, 6) is -0.977. The molecule has 1 spiro atoms. The second kappa shape index (κ2) is 4.49. The molecule has 0 aliphatic carbocycles. The standard InChI is InChI=1S/C14H17FN2O2/c15-11-2-1-3-12(6-11)17-5-4-14(10-17)8-16(9-14)7-13(18)19/h1-3,6H,4-5,7-10H2,(H,18,19). The molecule has 4 nitrogen and oxygen atoms in total. The molecule has 19 heavy (non-hydrogen) atoms. The number of nitrogens with zero attached hydrogens (tertiary/aromatic N) is 2. The molecule has 1 N–H and O–H groups in total. The first kappa shape index (κ1) is 12.4. The number of anilines is 1. The van der Waals surface area contributed by atoms with Gasteiger partial charge in [-0.05, 0) is 24.6 Å². The summed E-state index contributed by atoms with van der Waals surface area (Å²) < 4.78 is 13.2. The van der Waals surface area contributed by atoms with Crippen LogP contribution in [0.1, 0.15) is 6.42 Å². The smallest absolute Gasteiger partial charge is 0.317 e. The molecule has 0 aromatic heterocycles. The van der Waals surface area contributed by atoms with Gasteiger partial charge in [0.15, 0.2) is 0 Å². The minimum absolute atomic E-state index is 0.127. The molecule has 1 aromatic rings. The number of rotatable bonds is 3. The molecule has 0 bridgehead atoms. The van der Waals surface area contributed by atoms with Gasteiger partial charge in [-0.2, -0.15) is 0 Å². The predicted molar refractivity (Wildman–Crippen MR) is 69.7 cm³/mol. The summed E-state index contributed by atoms with van der Waals surface area (Å²) in [5, 5.41) is 8.75. The van der Waals surface area contributed by atoms with Gasteiger partial charge < -0.3 is 10.0 Å². The van der Waals surface area contributed by atoms with E-state index in [4.69, 9.17) is 5.11 Å². The molecule has 2 fully saturated rings. The van der Waals surface area contributed by atoms with E-state index in [0.29, 0.717) is 0 Å². The molecular weight excluding hydrogens is 247 g/mol. The Balaban J connectivity index is 1.61. The fourth-order valence-electron chi connectivity index (χ4n) is 3.29. The van der Waals surface area contributed by atoms with Crippen LogP contribution in [0.25, 0.3) is 0 Å². The molecular formula is C14H17FN2O2. The molecule has 0 amide bonds. The first-order valence-corrected chi connectivity index (χ1v) is 6.51. The summed E-state index contributed by atoms with van der Waals surface area (Å²) in [6.45, 7) is 3.62. The van der Waals surface area contributed by atoms with Gasteiger partial charge in [0, 0.05) is 37.3 Å². The van der Waals surface area contributed by atoms with Crippen molar-refractivity contribution in [1.82, 2.24) is 4.90 Å². The van der Waals surface area contributed by atoms with E-state index >= 15 is 0 Å². The molecule has 0 radical (unpaired) electrons. The van der Waals surface area contributed by atoms with E-state index in [9.17, 15) is 9.18 Å². The van der Waals surface area contributed by atoms with Gasteiger partial charge in [0.05, 0.1) is 6.54 Å². The highest BCUT2D eigenvalue weighted by Crippen LogP contribution is 2.40. The van der Waals surface area contributed by atoms with Crippen molar-refractivity contribution < 1.29 is 14.3 Å². The van der Waals surface area contributed by atoms with Crippen molar-refractivity contribution in [2.45, 2.75) is 6.42 Å². The largest absolute Gasteiger partial charge is 0.480 e. The van der Waals surface area contributed by atoms with Gasteiger partial charge >= 0.3 is 5.97 Å². The van der Waals surface area contributed by atoms with Crippen LogP contribution < -0.4 is 4.90 Å². The summed E-state index contributed by atoms with van der Waals surface area (Å²) >= 11 is 0. The first-order chi connectivity index (χ1) is 9.06. The van der Waals surface area contributed by atoms with Crippen molar-refractivity contribution in [3.05, 3.63) is 30.1 Å². The summed E-state index contributed by atoms with van der Waals surface area (Å²) in [6.07, 6.45) is 1.06. The number of hydrogen-bond acceptors (Lipinski definition) is 3. The average Bonchev–Trinajstić information content (AvgIpc) is 2.73. The van der Waals surface area contributed by atoms with E-state index in [0.717, 1.165) is 38.3 Å². The highest BCUT2D eigenvalue weighted by atomic mass is 19.1. The lowest BCUT2D eigenvalue weighted by Crippen LogP contribution is -2.58. The Morgan fingerprint density at radius 3 is 2.84 bits per heavy atom. The molecule has 2 heterocycles. The maximum atomic E-state index is 13.2. The van der Waals surface area contributed by atoms with Crippen LogP contribution in [0, 0.1) is 11.2 Å². The van der Waals surface area contributed by atoms with Crippen molar-refractivity contribution >= 4 is 11.7 Å². The number of benzene rings is 1. The molecule has 0 atom stereocenters. The van der Waals surface area contributed by atoms with Crippen LogP contribution in [0.5, 0.6) is 0 Å². The van der Waals surface area contributed by atoms with Gasteiger partial charge in [-0.1, -0.05) is 6.07 Å². The van der Waals surface area contributed by atoms with Crippen molar-refractivity contribution in [3.63, 3.8) is 0 Å². The summed E-state index contributed by atoms with van der Waals surface area (Å²) in [5.41, 5.74) is 1.13. The summed E-state index contributed by atoms with van der Waals surface area (Å²) in [6, 6.07) is 6.67. The third-order valence-electron chi connectivity index (χ3n) is 4.09. The van der Waals surface area contributed by atoms with Crippen molar-refractivity contribution in [3.8, 4) is 0 Å². The quantitative estimate of drug-likeness (QED) is 0.896. The van der Waals surface area contributed by atoms with Gasteiger partial charge in [-0.25, -0.2) is 4.39 Å². The van der Waals surface area contributed by atoms with Crippen molar-refractivity contribution in [2.24, 2.45) is 5.41 Å². The van der Waals surface area contributed by atoms with Crippen molar-refractivity contribution in [2.75, 3.05) is 37.6 Å². The minimum Gasteiger partial charge on any atom is -0.480 e. The number of likely N-dealkylation sites (tertiary alicyclic amines) is 1. The number of carbonyl (C=O) groups is 1. The van der Waals surface area contributed by atoms with E-state index in [1.165, 1.54) is 6.07 Å². The second-order valence-corrected chi connectivity index (χ2v) is 5.69. The van der Waals surface area contributed by atoms with Crippen LogP contribution >= 0.6 is 0 Å². The minimum atomic E-state index is -0.769. The molecule has 3 rings (SSSR count). The zero-order valence-electron chi connectivity index (χ0n) is 10.7. The normalized spacial score (nSPS) is 21.6. The number of carboxylic acids is 1. The van der Waals surface area contributed by atoms with Gasteiger partial charge in [0.1, 0.15) is 5.82 Å². The molecule has 0 unspecified atom stereocenters. The molecule has 1 aromatic carbocycles. The topological polar surface area (TPSA) is 43.8 Å². The fourth-order valence-corrected chi connectivity index (χ4v) is 3.29. The zero-order chi connectivity index (χ0) is 13.5. The van der Waals surface area contributed by atoms with E-state index < -0.39 is 5.97 Å². The van der Waals surface area contributed by atoms with Gasteiger partial charge in [-0.15, -0.1) is 0 Å². The Bertz CT molecular complexity index is 500. The van der Waals surface area contributed by atoms with E-state index in [-0.39, 0.29) is 17.8 Å². The van der Waals surface area contributed by atoms with Crippen LogP contribution in [-0.4, -0.2) is 48.7 Å². The van der Waals surface area contributed by atoms with Crippen LogP contribution in [-0.2, 0) is 4.79 Å². The average molecular weight is 264 g/mol. The second-order valence-electron chi connectivity index (χ2n) is 5.69. The van der Waals surface area contributed by atoms with Crippen LogP contribution in [0.15, 0.2) is 24.3 Å². The van der Waals surface area contributed by atoms with Crippen LogP contribution in [0.4, 0.5) is 10.1 Å². The van der Waals surface area contributed by atoms with E-state index in [1.54, 1.807) is 12.1 Å². The Morgan fingerprint density at radius 2 is 2.16 bits per heavy atom. The number of aliphatic carboxylic acids is 1. The number of hydrogen-bond donors (Lipinski definition) is 1. The van der Waals surface area contributed by atoms with E-state index in [1.807, 2.05) is 11.0 Å². The molecule has 5 heteroatoms. The molecule has 2 aliphatic rings. The molecule has 2 aliphatic heterocycles. The lowest BCUT2D eigenvalue weighted by molar-refractivity contribution is -0.141. The molecule has 102 valence electrons. The molecule has 2 saturated heterocycles. The predicted octanol–water partition coefficient (Wildman–Crippen LogP) is 1.42. The zero-order valence-corrected chi connectivity index (χ0v) is 10.7. The third kappa shape index (κ3) is 2.42. The monoisotopic (exact) mass is 264 g/mol. The first-order valence-electron chi connectivity index (χ1n) is 6.51. The Morgan fingerprint density at radius 1 is 1.37 bits per heavy atom. The lowest BCUT2D eigenvalue weighted by Gasteiger charge is -2.47. The van der Waals surface area contributed by atoms with Gasteiger partial charge in [0.2, 0.25) is 0 Å². The third-order valence-corrected chi connectivity index (χ3v) is 4.09. The van der Waals surface area contributed by atoms with Gasteiger partial charge in [-0.3, -0.25) is 9.69 Å². The number of halogens is 1. The SMILES string of the molecule is O=C(O)CN1CC2(CCN(c3cccc(F)c3)C2)C1. The van der Waals surface area contributed by atoms with Crippen LogP contribution in [0.2, 0.25) is 0 Å². The Kier molecular flexibility index (Phi) is 2.93. The maximum absolute atomic E-state index is 13.2. The van der Waals surface area contributed by atoms with E-state index in [2.05, 4.69) is 4.90 Å². The Hall–Kier alpha value is -1.62. The molecule has 0 saturated carbocycles. The highest BCUT2D eigenvalue weighted by molar-refractivity contribution is 5.69. The summed E-state index contributed by atoms with van der Waals surface area (Å²) in [7, 11) is 0. The Labute approximate surface area is 111 Å². The van der Waals surface area contributed by atoms with Crippen molar-refractivity contribution in [1.29, 1.82) is 0 Å². The van der Waals surface area contributed by atoms with Crippen LogP contribution in [0.3, 0.4) is 0 Å². The lowest BCUT2D eigenvalue weighted by atomic mass is 9.79. The number of carboxylic acid groups (broad SMARTS) is 1. The fraction of sp³-hybridized carbons (Fsp3) is 0.500. The summed E-state index contributed by atoms with van der Waals surface area (Å²) in [4.78, 5) is 14.8. The highest BCUT2D eigenvalue weighted by Gasteiger charge is 2.47. The maximum Gasteiger partial charge on any atom is 0.317 e. The van der Waals surface area contributed by atoms with Gasteiger partial charge in [0.25, 0.3) is 0 Å².